The van der Waals surface area contributed by atoms with E-state index in [2.05, 4.69) is 25.0 Å². The molecule has 0 N–H and O–H groups in total. The van der Waals surface area contributed by atoms with E-state index in [1.165, 1.54) is 6.33 Å². The van der Waals surface area contributed by atoms with Crippen LogP contribution in [-0.2, 0) is 6.54 Å². The molecule has 0 radical (unpaired) electrons. The zero-order valence-corrected chi connectivity index (χ0v) is 16.0. The van der Waals surface area contributed by atoms with Crippen molar-refractivity contribution in [2.24, 2.45) is 0 Å². The summed E-state index contributed by atoms with van der Waals surface area (Å²) in [6.45, 7) is 7.56. The molecule has 0 spiro atoms. The zero-order chi connectivity index (χ0) is 19.5. The molecular weight excluding hydrogens is 359 g/mol. The molecule has 0 saturated carbocycles. The largest absolute Gasteiger partial charge is 0.352 e. The quantitative estimate of drug-likeness (QED) is 0.671. The molecule has 7 nitrogen and oxygen atoms in total. The second-order valence-corrected chi connectivity index (χ2v) is 7.19. The molecular formula is C20H23FN6O. The summed E-state index contributed by atoms with van der Waals surface area (Å²) >= 11 is 0. The fraction of sp³-hybridized carbons (Fsp3) is 0.400. The molecule has 0 atom stereocenters. The highest BCUT2D eigenvalue weighted by Crippen LogP contribution is 2.26. The second-order valence-electron chi connectivity index (χ2n) is 7.19. The summed E-state index contributed by atoms with van der Waals surface area (Å²) in [4.78, 5) is 17.0. The van der Waals surface area contributed by atoms with Gasteiger partial charge in [0, 0.05) is 37.7 Å². The second kappa shape index (κ2) is 8.02. The first kappa shape index (κ1) is 18.5. The average Bonchev–Trinajstić information content (AvgIpc) is 3.18. The van der Waals surface area contributed by atoms with Gasteiger partial charge in [-0.3, -0.25) is 4.90 Å². The third-order valence-electron chi connectivity index (χ3n) is 4.85. The Bertz CT molecular complexity index is 921. The lowest BCUT2D eigenvalue weighted by Gasteiger charge is -2.34. The van der Waals surface area contributed by atoms with Crippen molar-refractivity contribution in [2.45, 2.75) is 26.3 Å². The van der Waals surface area contributed by atoms with Crippen LogP contribution in [0.5, 0.6) is 0 Å². The summed E-state index contributed by atoms with van der Waals surface area (Å²) in [5.74, 6) is 1.57. The molecule has 3 heterocycles. The first-order valence-electron chi connectivity index (χ1n) is 9.47. The van der Waals surface area contributed by atoms with E-state index in [1.54, 1.807) is 0 Å². The highest BCUT2D eigenvalue weighted by Gasteiger charge is 2.24. The van der Waals surface area contributed by atoms with Crippen molar-refractivity contribution in [3.05, 3.63) is 54.2 Å². The number of piperazine rings is 1. The maximum atomic E-state index is 15.1. The summed E-state index contributed by atoms with van der Waals surface area (Å²) in [6, 6.07) is 9.34. The first-order valence-corrected chi connectivity index (χ1v) is 9.47. The van der Waals surface area contributed by atoms with Gasteiger partial charge in [-0.25, -0.2) is 14.4 Å². The Hall–Kier alpha value is -2.87. The van der Waals surface area contributed by atoms with E-state index in [4.69, 9.17) is 4.52 Å². The maximum absolute atomic E-state index is 15.1. The Morgan fingerprint density at radius 2 is 1.82 bits per heavy atom. The summed E-state index contributed by atoms with van der Waals surface area (Å²) in [5, 5.41) is 4.00. The molecule has 1 aliphatic rings. The van der Waals surface area contributed by atoms with Crippen molar-refractivity contribution in [3.63, 3.8) is 0 Å². The zero-order valence-electron chi connectivity index (χ0n) is 16.0. The minimum atomic E-state index is -0.374. The number of hydrogen-bond donors (Lipinski definition) is 0. The Morgan fingerprint density at radius 1 is 1.07 bits per heavy atom. The highest BCUT2D eigenvalue weighted by molar-refractivity contribution is 5.63. The normalized spacial score (nSPS) is 15.4. The minimum absolute atomic E-state index is 0.244. The SMILES string of the molecule is CC(C)c1noc(CN2CCN(c3ncnc(-c4ccccc4)c3F)CC2)n1. The molecule has 1 fully saturated rings. The van der Waals surface area contributed by atoms with Crippen LogP contribution in [0.2, 0.25) is 0 Å². The number of hydrogen-bond acceptors (Lipinski definition) is 7. The fourth-order valence-electron chi connectivity index (χ4n) is 3.25. The van der Waals surface area contributed by atoms with Crippen molar-refractivity contribution < 1.29 is 8.91 Å². The predicted molar refractivity (Wildman–Crippen MR) is 103 cm³/mol. The molecule has 0 amide bonds. The van der Waals surface area contributed by atoms with E-state index >= 15 is 4.39 Å². The predicted octanol–water partition coefficient (Wildman–Crippen LogP) is 3.11. The van der Waals surface area contributed by atoms with Crippen LogP contribution < -0.4 is 4.90 Å². The summed E-state index contributed by atoms with van der Waals surface area (Å²) in [6.07, 6.45) is 1.43. The van der Waals surface area contributed by atoms with E-state index in [0.29, 0.717) is 37.0 Å². The topological polar surface area (TPSA) is 71.2 Å². The Kier molecular flexibility index (Phi) is 5.29. The molecule has 1 saturated heterocycles. The molecule has 0 unspecified atom stereocenters. The summed E-state index contributed by atoms with van der Waals surface area (Å²) in [7, 11) is 0. The molecule has 28 heavy (non-hydrogen) atoms. The molecule has 3 aromatic rings. The first-order chi connectivity index (χ1) is 13.6. The number of anilines is 1. The Labute approximate surface area is 163 Å². The number of aromatic nitrogens is 4. The molecule has 0 bridgehead atoms. The van der Waals surface area contributed by atoms with Gasteiger partial charge in [-0.1, -0.05) is 49.3 Å². The number of nitrogens with zero attached hydrogens (tertiary/aromatic N) is 6. The van der Waals surface area contributed by atoms with Crippen LogP contribution in [0.3, 0.4) is 0 Å². The molecule has 1 aromatic carbocycles. The smallest absolute Gasteiger partial charge is 0.240 e. The molecule has 0 aliphatic carbocycles. The van der Waals surface area contributed by atoms with Crippen LogP contribution in [0.15, 0.2) is 41.2 Å². The van der Waals surface area contributed by atoms with Crippen LogP contribution in [0.25, 0.3) is 11.3 Å². The standard InChI is InChI=1S/C20H23FN6O/c1-14(2)19-24-16(28-25-19)12-26-8-10-27(11-9-26)20-17(21)18(22-13-23-20)15-6-4-3-5-7-15/h3-7,13-14H,8-12H2,1-2H3. The van der Waals surface area contributed by atoms with Crippen LogP contribution in [0.1, 0.15) is 31.5 Å². The molecule has 8 heteroatoms. The van der Waals surface area contributed by atoms with E-state index in [0.717, 1.165) is 24.5 Å². The van der Waals surface area contributed by atoms with Crippen LogP contribution in [0, 0.1) is 5.82 Å². The lowest BCUT2D eigenvalue weighted by atomic mass is 10.1. The van der Waals surface area contributed by atoms with Gasteiger partial charge in [-0.2, -0.15) is 4.98 Å². The Morgan fingerprint density at radius 3 is 2.50 bits per heavy atom. The molecule has 2 aromatic heterocycles. The van der Waals surface area contributed by atoms with Crippen molar-refractivity contribution in [3.8, 4) is 11.3 Å². The Balaban J connectivity index is 1.42. The van der Waals surface area contributed by atoms with E-state index in [-0.39, 0.29) is 11.7 Å². The lowest BCUT2D eigenvalue weighted by Crippen LogP contribution is -2.46. The van der Waals surface area contributed by atoms with Crippen LogP contribution >= 0.6 is 0 Å². The van der Waals surface area contributed by atoms with Gasteiger partial charge in [0.15, 0.2) is 17.5 Å². The third kappa shape index (κ3) is 3.87. The van der Waals surface area contributed by atoms with Crippen LogP contribution in [-0.4, -0.2) is 51.2 Å². The van der Waals surface area contributed by atoms with Crippen molar-refractivity contribution in [2.75, 3.05) is 31.1 Å². The number of halogens is 1. The summed E-state index contributed by atoms with van der Waals surface area (Å²) in [5.41, 5.74) is 1.08. The molecule has 1 aliphatic heterocycles. The van der Waals surface area contributed by atoms with Gasteiger partial charge in [0.25, 0.3) is 0 Å². The van der Waals surface area contributed by atoms with E-state index in [1.807, 2.05) is 49.1 Å². The highest BCUT2D eigenvalue weighted by atomic mass is 19.1. The lowest BCUT2D eigenvalue weighted by molar-refractivity contribution is 0.214. The third-order valence-corrected chi connectivity index (χ3v) is 4.85. The monoisotopic (exact) mass is 382 g/mol. The number of benzene rings is 1. The van der Waals surface area contributed by atoms with E-state index < -0.39 is 0 Å². The van der Waals surface area contributed by atoms with E-state index in [9.17, 15) is 0 Å². The average molecular weight is 382 g/mol. The van der Waals surface area contributed by atoms with Gasteiger partial charge in [0.2, 0.25) is 5.89 Å². The van der Waals surface area contributed by atoms with Crippen molar-refractivity contribution in [1.29, 1.82) is 0 Å². The van der Waals surface area contributed by atoms with Gasteiger partial charge in [-0.15, -0.1) is 0 Å². The minimum Gasteiger partial charge on any atom is -0.352 e. The van der Waals surface area contributed by atoms with Gasteiger partial charge < -0.3 is 9.42 Å². The van der Waals surface area contributed by atoms with Gasteiger partial charge >= 0.3 is 0 Å². The maximum Gasteiger partial charge on any atom is 0.240 e. The molecule has 4 rings (SSSR count). The van der Waals surface area contributed by atoms with Crippen molar-refractivity contribution >= 4 is 5.82 Å². The summed E-state index contributed by atoms with van der Waals surface area (Å²) < 4.78 is 20.4. The van der Waals surface area contributed by atoms with Gasteiger partial charge in [0.05, 0.1) is 6.54 Å². The van der Waals surface area contributed by atoms with Crippen LogP contribution in [0.4, 0.5) is 10.2 Å². The fourth-order valence-corrected chi connectivity index (χ4v) is 3.25. The molecule has 146 valence electrons. The number of rotatable bonds is 5. The van der Waals surface area contributed by atoms with Crippen molar-refractivity contribution in [1.82, 2.24) is 25.0 Å². The van der Waals surface area contributed by atoms with Gasteiger partial charge in [-0.05, 0) is 0 Å². The van der Waals surface area contributed by atoms with Gasteiger partial charge in [0.1, 0.15) is 12.0 Å².